The number of nitrogens with zero attached hydrogens (tertiary/aromatic N) is 2. The van der Waals surface area contributed by atoms with E-state index in [1.54, 1.807) is 12.4 Å². The average Bonchev–Trinajstić information content (AvgIpc) is 2.84. The molecule has 1 aromatic heterocycles. The van der Waals surface area contributed by atoms with Crippen LogP contribution in [0.5, 0.6) is 0 Å². The maximum absolute atomic E-state index is 12.5. The van der Waals surface area contributed by atoms with Gasteiger partial charge in [0, 0.05) is 35.6 Å². The van der Waals surface area contributed by atoms with Crippen LogP contribution >= 0.6 is 0 Å². The topological polar surface area (TPSA) is 57.3 Å². The number of pyridine rings is 1. The van der Waals surface area contributed by atoms with Crippen LogP contribution in [0.25, 0.3) is 0 Å². The molecule has 5 heteroatoms. The van der Waals surface area contributed by atoms with Gasteiger partial charge in [0.25, 0.3) is 5.91 Å². The minimum atomic E-state index is 0.0295. The van der Waals surface area contributed by atoms with E-state index in [-0.39, 0.29) is 5.91 Å². The Hall–Kier alpha value is -2.40. The Bertz CT molecular complexity index is 717. The second-order valence-electron chi connectivity index (χ2n) is 7.14. The standard InChI is InChI=1S/C20H24N4O/c1-24-18-8-9-19(24)12-17(11-18)23-20(25)14-4-6-15(7-5-14)22-16-3-2-10-21-13-16/h2-7,10,13,17-19,22H,8-9,11-12H2,1H3,(H,23,25). The van der Waals surface area contributed by atoms with Crippen LogP contribution in [-0.2, 0) is 0 Å². The molecule has 2 aliphatic rings. The highest BCUT2D eigenvalue weighted by Crippen LogP contribution is 2.34. The van der Waals surface area contributed by atoms with Crippen molar-refractivity contribution in [3.05, 3.63) is 54.4 Å². The van der Waals surface area contributed by atoms with Gasteiger partial charge >= 0.3 is 0 Å². The molecule has 1 amide bonds. The summed E-state index contributed by atoms with van der Waals surface area (Å²) in [4.78, 5) is 19.1. The normalized spacial score (nSPS) is 25.6. The highest BCUT2D eigenvalue weighted by Gasteiger charge is 2.38. The Morgan fingerprint density at radius 1 is 1.08 bits per heavy atom. The first-order valence-electron chi connectivity index (χ1n) is 8.99. The van der Waals surface area contributed by atoms with Crippen molar-refractivity contribution in [3.63, 3.8) is 0 Å². The van der Waals surface area contributed by atoms with Crippen molar-refractivity contribution in [2.24, 2.45) is 0 Å². The molecule has 2 atom stereocenters. The Balaban J connectivity index is 1.36. The van der Waals surface area contributed by atoms with E-state index in [2.05, 4.69) is 27.6 Å². The second kappa shape index (κ2) is 6.84. The molecule has 2 aromatic rings. The highest BCUT2D eigenvalue weighted by atomic mass is 16.1. The van der Waals surface area contributed by atoms with Gasteiger partial charge in [0.15, 0.2) is 0 Å². The lowest BCUT2D eigenvalue weighted by Crippen LogP contribution is -2.48. The number of hydrogen-bond acceptors (Lipinski definition) is 4. The summed E-state index contributed by atoms with van der Waals surface area (Å²) >= 11 is 0. The quantitative estimate of drug-likeness (QED) is 0.900. The molecule has 1 aromatic carbocycles. The molecular formula is C20H24N4O. The van der Waals surface area contributed by atoms with Crippen molar-refractivity contribution in [3.8, 4) is 0 Å². The second-order valence-corrected chi connectivity index (χ2v) is 7.14. The van der Waals surface area contributed by atoms with Gasteiger partial charge in [-0.1, -0.05) is 0 Å². The largest absolute Gasteiger partial charge is 0.354 e. The fourth-order valence-corrected chi connectivity index (χ4v) is 4.11. The monoisotopic (exact) mass is 336 g/mol. The first-order chi connectivity index (χ1) is 12.2. The van der Waals surface area contributed by atoms with Gasteiger partial charge in [-0.15, -0.1) is 0 Å². The van der Waals surface area contributed by atoms with E-state index in [0.717, 1.165) is 24.2 Å². The van der Waals surface area contributed by atoms with Gasteiger partial charge in [-0.2, -0.15) is 0 Å². The van der Waals surface area contributed by atoms with Crippen LogP contribution in [0.15, 0.2) is 48.8 Å². The Morgan fingerprint density at radius 3 is 2.44 bits per heavy atom. The van der Waals surface area contributed by atoms with Gasteiger partial charge in [-0.3, -0.25) is 9.78 Å². The Morgan fingerprint density at radius 2 is 1.80 bits per heavy atom. The van der Waals surface area contributed by atoms with Crippen LogP contribution in [0.1, 0.15) is 36.0 Å². The third kappa shape index (κ3) is 3.51. The molecule has 2 fully saturated rings. The molecule has 2 saturated heterocycles. The van der Waals surface area contributed by atoms with Gasteiger partial charge in [0.2, 0.25) is 0 Å². The molecule has 2 bridgehead atoms. The van der Waals surface area contributed by atoms with Gasteiger partial charge in [0.1, 0.15) is 0 Å². The molecule has 2 unspecified atom stereocenters. The van der Waals surface area contributed by atoms with E-state index >= 15 is 0 Å². The van der Waals surface area contributed by atoms with E-state index in [1.165, 1.54) is 12.8 Å². The fourth-order valence-electron chi connectivity index (χ4n) is 4.11. The summed E-state index contributed by atoms with van der Waals surface area (Å²) in [5.74, 6) is 0.0295. The van der Waals surface area contributed by atoms with Gasteiger partial charge in [-0.05, 0) is 69.1 Å². The van der Waals surface area contributed by atoms with Gasteiger partial charge < -0.3 is 15.5 Å². The summed E-state index contributed by atoms with van der Waals surface area (Å²) in [6, 6.07) is 13.0. The predicted molar refractivity (Wildman–Crippen MR) is 99.0 cm³/mol. The fraction of sp³-hybridized carbons (Fsp3) is 0.400. The smallest absolute Gasteiger partial charge is 0.251 e. The molecule has 3 heterocycles. The molecule has 2 aliphatic heterocycles. The highest BCUT2D eigenvalue weighted by molar-refractivity contribution is 5.94. The lowest BCUT2D eigenvalue weighted by atomic mass is 9.97. The van der Waals surface area contributed by atoms with E-state index in [4.69, 9.17) is 0 Å². The lowest BCUT2D eigenvalue weighted by molar-refractivity contribution is 0.0882. The number of aromatic nitrogens is 1. The third-order valence-electron chi connectivity index (χ3n) is 5.53. The van der Waals surface area contributed by atoms with Gasteiger partial charge in [-0.25, -0.2) is 0 Å². The number of carbonyl (C=O) groups excluding carboxylic acids is 1. The van der Waals surface area contributed by atoms with Crippen molar-refractivity contribution >= 4 is 17.3 Å². The molecule has 0 radical (unpaired) electrons. The average molecular weight is 336 g/mol. The Kier molecular flexibility index (Phi) is 4.40. The summed E-state index contributed by atoms with van der Waals surface area (Å²) in [6.07, 6.45) is 8.19. The van der Waals surface area contributed by atoms with E-state index < -0.39 is 0 Å². The molecule has 4 rings (SSSR count). The minimum absolute atomic E-state index is 0.0295. The predicted octanol–water partition coefficient (Wildman–Crippen LogP) is 3.18. The van der Waals surface area contributed by atoms with Crippen molar-refractivity contribution in [1.82, 2.24) is 15.2 Å². The maximum atomic E-state index is 12.5. The van der Waals surface area contributed by atoms with Crippen molar-refractivity contribution < 1.29 is 4.79 Å². The summed E-state index contributed by atoms with van der Waals surface area (Å²) in [5.41, 5.74) is 2.59. The molecule has 0 aliphatic carbocycles. The molecule has 0 saturated carbocycles. The molecule has 25 heavy (non-hydrogen) atoms. The minimum Gasteiger partial charge on any atom is -0.354 e. The number of fused-ring (bicyclic) bond motifs is 2. The van der Waals surface area contributed by atoms with Crippen LogP contribution in [0.3, 0.4) is 0 Å². The number of hydrogen-bond donors (Lipinski definition) is 2. The first kappa shape index (κ1) is 16.1. The number of anilines is 2. The van der Waals surface area contributed by atoms with E-state index in [1.807, 2.05) is 36.4 Å². The molecular weight excluding hydrogens is 312 g/mol. The first-order valence-corrected chi connectivity index (χ1v) is 8.99. The summed E-state index contributed by atoms with van der Waals surface area (Å²) in [7, 11) is 2.22. The number of benzene rings is 1. The molecule has 0 spiro atoms. The maximum Gasteiger partial charge on any atom is 0.251 e. The molecule has 130 valence electrons. The van der Waals surface area contributed by atoms with Crippen LogP contribution in [0.2, 0.25) is 0 Å². The van der Waals surface area contributed by atoms with E-state index in [9.17, 15) is 4.79 Å². The number of rotatable bonds is 4. The lowest BCUT2D eigenvalue weighted by Gasteiger charge is -2.36. The summed E-state index contributed by atoms with van der Waals surface area (Å²) in [5, 5.41) is 6.51. The van der Waals surface area contributed by atoms with Crippen LogP contribution in [0.4, 0.5) is 11.4 Å². The SMILES string of the molecule is CN1C2CCC1CC(NC(=O)c1ccc(Nc3cccnc3)cc1)C2. The number of amides is 1. The summed E-state index contributed by atoms with van der Waals surface area (Å²) < 4.78 is 0. The molecule has 5 nitrogen and oxygen atoms in total. The number of piperidine rings is 1. The van der Waals surface area contributed by atoms with Crippen LogP contribution in [-0.4, -0.2) is 41.0 Å². The number of nitrogens with one attached hydrogen (secondary N) is 2. The Labute approximate surface area is 148 Å². The molecule has 2 N–H and O–H groups in total. The summed E-state index contributed by atoms with van der Waals surface area (Å²) in [6.45, 7) is 0. The van der Waals surface area contributed by atoms with Crippen molar-refractivity contribution in [2.45, 2.75) is 43.8 Å². The third-order valence-corrected chi connectivity index (χ3v) is 5.53. The van der Waals surface area contributed by atoms with Gasteiger partial charge in [0.05, 0.1) is 11.9 Å². The van der Waals surface area contributed by atoms with Crippen molar-refractivity contribution in [1.29, 1.82) is 0 Å². The van der Waals surface area contributed by atoms with Crippen LogP contribution in [0, 0.1) is 0 Å². The van der Waals surface area contributed by atoms with Crippen LogP contribution < -0.4 is 10.6 Å². The zero-order valence-electron chi connectivity index (χ0n) is 14.5. The number of carbonyl (C=O) groups is 1. The van der Waals surface area contributed by atoms with Crippen molar-refractivity contribution in [2.75, 3.05) is 12.4 Å². The zero-order valence-corrected chi connectivity index (χ0v) is 14.5. The van der Waals surface area contributed by atoms with E-state index in [0.29, 0.717) is 23.7 Å². The zero-order chi connectivity index (χ0) is 17.2.